The number of tetrazole rings is 1. The highest BCUT2D eigenvalue weighted by atomic mass is 19.4. The van der Waals surface area contributed by atoms with Crippen molar-refractivity contribution in [1.29, 1.82) is 0 Å². The number of alkyl halides is 3. The molecular weight excluding hydrogens is 529 g/mol. The van der Waals surface area contributed by atoms with Crippen molar-refractivity contribution < 1.29 is 17.9 Å². The first-order valence-corrected chi connectivity index (χ1v) is 13.6. The van der Waals surface area contributed by atoms with Gasteiger partial charge in [-0.25, -0.2) is 0 Å². The number of hydrogen-bond donors (Lipinski definition) is 1. The SMILES string of the molecule is CCCCc1c(Cc2ccc(-c3ccccc3-c3nn[nH]n3)cc2)c(COCc2ccccc2)nn1CC(F)(F)F. The molecule has 0 atom stereocenters. The van der Waals surface area contributed by atoms with Crippen LogP contribution in [-0.4, -0.2) is 36.6 Å². The first-order chi connectivity index (χ1) is 19.9. The van der Waals surface area contributed by atoms with Crippen LogP contribution in [0.15, 0.2) is 78.9 Å². The van der Waals surface area contributed by atoms with Crippen molar-refractivity contribution >= 4 is 0 Å². The fourth-order valence-corrected chi connectivity index (χ4v) is 4.89. The number of ether oxygens (including phenoxy) is 1. The summed E-state index contributed by atoms with van der Waals surface area (Å²) in [5, 5.41) is 18.8. The van der Waals surface area contributed by atoms with Crippen molar-refractivity contribution in [2.75, 3.05) is 0 Å². The van der Waals surface area contributed by atoms with E-state index in [1.54, 1.807) is 0 Å². The number of unbranched alkanes of at least 4 members (excludes halogenated alkanes) is 1. The van der Waals surface area contributed by atoms with Gasteiger partial charge in [0.05, 0.1) is 18.9 Å². The molecule has 0 saturated heterocycles. The summed E-state index contributed by atoms with van der Waals surface area (Å²) in [7, 11) is 0. The molecule has 2 heterocycles. The fourth-order valence-electron chi connectivity index (χ4n) is 4.89. The number of hydrogen-bond acceptors (Lipinski definition) is 5. The number of aromatic nitrogens is 6. The molecule has 5 aromatic rings. The Hall–Kier alpha value is -4.31. The highest BCUT2D eigenvalue weighted by Gasteiger charge is 2.31. The zero-order valence-corrected chi connectivity index (χ0v) is 22.7. The van der Waals surface area contributed by atoms with Crippen molar-refractivity contribution in [1.82, 2.24) is 30.4 Å². The zero-order chi connectivity index (χ0) is 28.7. The maximum atomic E-state index is 13.5. The molecule has 212 valence electrons. The Labute approximate surface area is 236 Å². The van der Waals surface area contributed by atoms with Crippen LogP contribution in [0, 0.1) is 0 Å². The van der Waals surface area contributed by atoms with E-state index in [9.17, 15) is 13.2 Å². The highest BCUT2D eigenvalue weighted by molar-refractivity contribution is 5.80. The topological polar surface area (TPSA) is 81.5 Å². The lowest BCUT2D eigenvalue weighted by molar-refractivity contribution is -0.143. The fraction of sp³-hybridized carbons (Fsp3) is 0.290. The van der Waals surface area contributed by atoms with E-state index in [0.717, 1.165) is 50.9 Å². The van der Waals surface area contributed by atoms with Crippen LogP contribution in [0.25, 0.3) is 22.5 Å². The number of rotatable bonds is 12. The lowest BCUT2D eigenvalue weighted by Gasteiger charge is -2.12. The molecule has 0 saturated carbocycles. The molecule has 0 unspecified atom stereocenters. The van der Waals surface area contributed by atoms with Gasteiger partial charge >= 0.3 is 6.18 Å². The van der Waals surface area contributed by atoms with Gasteiger partial charge in [-0.1, -0.05) is 92.2 Å². The summed E-state index contributed by atoms with van der Waals surface area (Å²) in [6.07, 6.45) is -1.77. The minimum atomic E-state index is -4.37. The summed E-state index contributed by atoms with van der Waals surface area (Å²) in [4.78, 5) is 0. The van der Waals surface area contributed by atoms with E-state index in [1.807, 2.05) is 85.8 Å². The van der Waals surface area contributed by atoms with Gasteiger partial charge in [-0.05, 0) is 40.3 Å². The smallest absolute Gasteiger partial charge is 0.370 e. The van der Waals surface area contributed by atoms with Gasteiger partial charge in [0.2, 0.25) is 5.82 Å². The van der Waals surface area contributed by atoms with Crippen LogP contribution >= 0.6 is 0 Å². The maximum absolute atomic E-state index is 13.5. The molecule has 2 aromatic heterocycles. The van der Waals surface area contributed by atoms with Crippen molar-refractivity contribution in [3.63, 3.8) is 0 Å². The molecule has 41 heavy (non-hydrogen) atoms. The van der Waals surface area contributed by atoms with E-state index >= 15 is 0 Å². The van der Waals surface area contributed by atoms with Crippen molar-refractivity contribution in [3.05, 3.63) is 107 Å². The van der Waals surface area contributed by atoms with Crippen LogP contribution in [0.2, 0.25) is 0 Å². The van der Waals surface area contributed by atoms with E-state index < -0.39 is 12.7 Å². The second-order valence-corrected chi connectivity index (χ2v) is 9.88. The highest BCUT2D eigenvalue weighted by Crippen LogP contribution is 2.31. The predicted molar refractivity (Wildman–Crippen MR) is 150 cm³/mol. The molecule has 3 aromatic carbocycles. The van der Waals surface area contributed by atoms with Crippen molar-refractivity contribution in [3.8, 4) is 22.5 Å². The monoisotopic (exact) mass is 560 g/mol. The van der Waals surface area contributed by atoms with E-state index in [1.165, 1.54) is 0 Å². The second-order valence-electron chi connectivity index (χ2n) is 9.88. The first kappa shape index (κ1) is 28.2. The molecule has 1 N–H and O–H groups in total. The number of halogens is 3. The first-order valence-electron chi connectivity index (χ1n) is 13.6. The Balaban J connectivity index is 1.43. The summed E-state index contributed by atoms with van der Waals surface area (Å²) in [6.45, 7) is 1.39. The van der Waals surface area contributed by atoms with Crippen LogP contribution in [0.4, 0.5) is 13.2 Å². The van der Waals surface area contributed by atoms with Gasteiger partial charge in [-0.3, -0.25) is 4.68 Å². The summed E-state index contributed by atoms with van der Waals surface area (Å²) in [6, 6.07) is 25.5. The van der Waals surface area contributed by atoms with Crippen molar-refractivity contribution in [2.24, 2.45) is 0 Å². The van der Waals surface area contributed by atoms with Crippen molar-refractivity contribution in [2.45, 2.75) is 58.5 Å². The minimum Gasteiger partial charge on any atom is -0.370 e. The number of aromatic amines is 1. The number of H-pyrrole nitrogens is 1. The molecule has 5 rings (SSSR count). The Bertz CT molecular complexity index is 1530. The molecule has 10 heteroatoms. The van der Waals surface area contributed by atoms with Gasteiger partial charge < -0.3 is 4.74 Å². The predicted octanol–water partition coefficient (Wildman–Crippen LogP) is 6.94. The molecule has 0 amide bonds. The number of nitrogens with one attached hydrogen (secondary N) is 1. The molecule has 0 fully saturated rings. The molecule has 0 spiro atoms. The maximum Gasteiger partial charge on any atom is 0.408 e. The average Bonchev–Trinajstić information content (AvgIpc) is 3.61. The lowest BCUT2D eigenvalue weighted by atomic mass is 9.95. The summed E-state index contributed by atoms with van der Waals surface area (Å²) >= 11 is 0. The van der Waals surface area contributed by atoms with Crippen LogP contribution in [0.5, 0.6) is 0 Å². The van der Waals surface area contributed by atoms with Crippen LogP contribution < -0.4 is 0 Å². The summed E-state index contributed by atoms with van der Waals surface area (Å²) < 4.78 is 47.6. The minimum absolute atomic E-state index is 0.129. The van der Waals surface area contributed by atoms with Crippen LogP contribution in [-0.2, 0) is 37.3 Å². The number of benzene rings is 3. The Kier molecular flexibility index (Phi) is 8.88. The Morgan fingerprint density at radius 2 is 1.59 bits per heavy atom. The van der Waals surface area contributed by atoms with Gasteiger partial charge in [-0.15, -0.1) is 10.2 Å². The zero-order valence-electron chi connectivity index (χ0n) is 22.7. The third-order valence-electron chi connectivity index (χ3n) is 6.86. The normalized spacial score (nSPS) is 11.7. The average molecular weight is 561 g/mol. The summed E-state index contributed by atoms with van der Waals surface area (Å²) in [5.41, 5.74) is 6.71. The van der Waals surface area contributed by atoms with Gasteiger partial charge in [0, 0.05) is 23.2 Å². The van der Waals surface area contributed by atoms with Gasteiger partial charge in [0.25, 0.3) is 0 Å². The lowest BCUT2D eigenvalue weighted by Crippen LogP contribution is -2.20. The standard InChI is InChI=1S/C31H31F3N6O/c1-2-3-13-29-27(28(37-40(29)21-31(32,33)34)20-41-19-23-9-5-4-6-10-23)18-22-14-16-24(17-15-22)25-11-7-8-12-26(25)30-35-38-39-36-30/h4-12,14-17H,2-3,13,18-21H2,1H3,(H,35,36,38,39). The molecule has 7 nitrogen and oxygen atoms in total. The quantitative estimate of drug-likeness (QED) is 0.179. The molecular formula is C31H31F3N6O. The second kappa shape index (κ2) is 12.9. The third-order valence-corrected chi connectivity index (χ3v) is 6.86. The van der Waals surface area contributed by atoms with E-state index in [-0.39, 0.29) is 6.61 Å². The largest absolute Gasteiger partial charge is 0.408 e. The molecule has 0 aliphatic carbocycles. The van der Waals surface area contributed by atoms with E-state index in [2.05, 4.69) is 25.7 Å². The van der Waals surface area contributed by atoms with Gasteiger partial charge in [-0.2, -0.15) is 23.5 Å². The summed E-state index contributed by atoms with van der Waals surface area (Å²) in [5.74, 6) is 0.502. The Morgan fingerprint density at radius 1 is 0.854 bits per heavy atom. The van der Waals surface area contributed by atoms with E-state index in [4.69, 9.17) is 4.74 Å². The van der Waals surface area contributed by atoms with Gasteiger partial charge in [0.1, 0.15) is 6.54 Å². The molecule has 0 aliphatic heterocycles. The van der Waals surface area contributed by atoms with Crippen LogP contribution in [0.1, 0.15) is 47.8 Å². The molecule has 0 radical (unpaired) electrons. The van der Waals surface area contributed by atoms with Gasteiger partial charge in [0.15, 0.2) is 0 Å². The van der Waals surface area contributed by atoms with Crippen LogP contribution in [0.3, 0.4) is 0 Å². The Morgan fingerprint density at radius 3 is 2.27 bits per heavy atom. The van der Waals surface area contributed by atoms with E-state index in [0.29, 0.717) is 36.7 Å². The molecule has 0 aliphatic rings. The number of nitrogens with zero attached hydrogens (tertiary/aromatic N) is 5. The molecule has 0 bridgehead atoms. The third kappa shape index (κ3) is 7.26.